The van der Waals surface area contributed by atoms with Gasteiger partial charge in [0.25, 0.3) is 0 Å². The van der Waals surface area contributed by atoms with Crippen LogP contribution in [-0.4, -0.2) is 26.0 Å². The molecule has 0 fully saturated rings. The van der Waals surface area contributed by atoms with Crippen molar-refractivity contribution in [2.45, 2.75) is 12.4 Å². The number of carbonyl (C=O) groups excluding carboxylic acids is 1. The predicted octanol–water partition coefficient (Wildman–Crippen LogP) is 3.82. The van der Waals surface area contributed by atoms with Gasteiger partial charge in [-0.3, -0.25) is 5.32 Å². The van der Waals surface area contributed by atoms with E-state index in [1.165, 1.54) is 0 Å². The number of hydrogen-bond donors (Lipinski definition) is 1. The van der Waals surface area contributed by atoms with Gasteiger partial charge in [-0.15, -0.1) is 0 Å². The Morgan fingerprint density at radius 3 is 2.29 bits per heavy atom. The summed E-state index contributed by atoms with van der Waals surface area (Å²) in [6, 6.07) is 2.55. The standard InChI is InChI=1S/C11H9F6NO3/c1-20-6-2-3-8(7(4-6)11(15,16)17)18-9(19)21-5-10(12,13)14/h2-4H,5H2,1H3,(H,18,19). The van der Waals surface area contributed by atoms with Gasteiger partial charge in [0.15, 0.2) is 6.61 Å². The van der Waals surface area contributed by atoms with E-state index in [9.17, 15) is 31.1 Å². The molecule has 1 aromatic carbocycles. The molecule has 0 spiro atoms. The maximum atomic E-state index is 12.8. The molecule has 0 bridgehead atoms. The van der Waals surface area contributed by atoms with Gasteiger partial charge in [-0.05, 0) is 18.2 Å². The molecule has 10 heteroatoms. The van der Waals surface area contributed by atoms with Gasteiger partial charge >= 0.3 is 18.4 Å². The molecule has 0 atom stereocenters. The van der Waals surface area contributed by atoms with Gasteiger partial charge in [0.2, 0.25) is 0 Å². The van der Waals surface area contributed by atoms with Crippen LogP contribution in [0.15, 0.2) is 18.2 Å². The smallest absolute Gasteiger partial charge is 0.422 e. The van der Waals surface area contributed by atoms with Crippen molar-refractivity contribution < 1.29 is 40.6 Å². The van der Waals surface area contributed by atoms with Crippen molar-refractivity contribution in [2.24, 2.45) is 0 Å². The number of anilines is 1. The van der Waals surface area contributed by atoms with Gasteiger partial charge in [0, 0.05) is 0 Å². The molecule has 1 aromatic rings. The molecule has 0 aromatic heterocycles. The molecule has 0 saturated heterocycles. The molecule has 0 unspecified atom stereocenters. The number of methoxy groups -OCH3 is 1. The van der Waals surface area contributed by atoms with Crippen molar-refractivity contribution in [2.75, 3.05) is 19.0 Å². The van der Waals surface area contributed by atoms with Gasteiger partial charge in [-0.1, -0.05) is 0 Å². The Balaban J connectivity index is 2.90. The number of nitrogens with one attached hydrogen (secondary N) is 1. The molecule has 1 N–H and O–H groups in total. The van der Waals surface area contributed by atoms with E-state index in [2.05, 4.69) is 9.47 Å². The van der Waals surface area contributed by atoms with Crippen LogP contribution < -0.4 is 10.1 Å². The summed E-state index contributed by atoms with van der Waals surface area (Å²) in [4.78, 5) is 11.1. The highest BCUT2D eigenvalue weighted by Gasteiger charge is 2.35. The summed E-state index contributed by atoms with van der Waals surface area (Å²) in [6.45, 7) is -1.91. The second-order valence-corrected chi connectivity index (χ2v) is 3.73. The summed E-state index contributed by atoms with van der Waals surface area (Å²) in [5.74, 6) is -0.128. The molecule has 0 aliphatic heterocycles. The van der Waals surface area contributed by atoms with Crippen molar-refractivity contribution in [3.8, 4) is 5.75 Å². The van der Waals surface area contributed by atoms with E-state index in [1.54, 1.807) is 5.32 Å². The van der Waals surface area contributed by atoms with Crippen LogP contribution in [0.5, 0.6) is 5.75 Å². The zero-order chi connectivity index (χ0) is 16.3. The Morgan fingerprint density at radius 1 is 1.19 bits per heavy atom. The highest BCUT2D eigenvalue weighted by Crippen LogP contribution is 2.37. The lowest BCUT2D eigenvalue weighted by Crippen LogP contribution is -2.24. The number of carbonyl (C=O) groups is 1. The number of amides is 1. The van der Waals surface area contributed by atoms with E-state index >= 15 is 0 Å². The lowest BCUT2D eigenvalue weighted by Gasteiger charge is -2.15. The first-order valence-corrected chi connectivity index (χ1v) is 5.28. The fourth-order valence-electron chi connectivity index (χ4n) is 1.29. The molecular weight excluding hydrogens is 308 g/mol. The van der Waals surface area contributed by atoms with Crippen LogP contribution in [0.3, 0.4) is 0 Å². The Bertz CT molecular complexity index is 512. The molecule has 1 amide bonds. The van der Waals surface area contributed by atoms with E-state index in [-0.39, 0.29) is 5.75 Å². The summed E-state index contributed by atoms with van der Waals surface area (Å²) < 4.78 is 82.1. The topological polar surface area (TPSA) is 47.6 Å². The number of alkyl halides is 6. The second-order valence-electron chi connectivity index (χ2n) is 3.73. The summed E-state index contributed by atoms with van der Waals surface area (Å²) in [5.41, 5.74) is -2.01. The molecular formula is C11H9F6NO3. The lowest BCUT2D eigenvalue weighted by molar-refractivity contribution is -0.159. The quantitative estimate of drug-likeness (QED) is 0.862. The van der Waals surface area contributed by atoms with E-state index in [4.69, 9.17) is 0 Å². The minimum atomic E-state index is -4.83. The van der Waals surface area contributed by atoms with E-state index in [0.717, 1.165) is 19.2 Å². The summed E-state index contributed by atoms with van der Waals surface area (Å²) >= 11 is 0. The third-order valence-electron chi connectivity index (χ3n) is 2.14. The second kappa shape index (κ2) is 6.10. The fraction of sp³-hybridized carbons (Fsp3) is 0.364. The first-order valence-electron chi connectivity index (χ1n) is 5.28. The van der Waals surface area contributed by atoms with Crippen molar-refractivity contribution in [1.82, 2.24) is 0 Å². The maximum absolute atomic E-state index is 12.8. The Hall–Kier alpha value is -2.13. The average molecular weight is 317 g/mol. The highest BCUT2D eigenvalue weighted by atomic mass is 19.4. The Kier molecular flexibility index (Phi) is 4.92. The normalized spacial score (nSPS) is 12.0. The van der Waals surface area contributed by atoms with Crippen molar-refractivity contribution in [3.05, 3.63) is 23.8 Å². The van der Waals surface area contributed by atoms with Gasteiger partial charge in [-0.25, -0.2) is 4.79 Å². The monoisotopic (exact) mass is 317 g/mol. The van der Waals surface area contributed by atoms with Gasteiger partial charge in [0.1, 0.15) is 5.75 Å². The van der Waals surface area contributed by atoms with E-state index in [0.29, 0.717) is 6.07 Å². The number of rotatable bonds is 3. The van der Waals surface area contributed by atoms with Crippen LogP contribution in [0.2, 0.25) is 0 Å². The van der Waals surface area contributed by atoms with Gasteiger partial charge in [-0.2, -0.15) is 26.3 Å². The highest BCUT2D eigenvalue weighted by molar-refractivity contribution is 5.86. The first-order chi connectivity index (χ1) is 9.53. The van der Waals surface area contributed by atoms with Crippen molar-refractivity contribution >= 4 is 11.8 Å². The van der Waals surface area contributed by atoms with Crippen LogP contribution in [0.4, 0.5) is 36.8 Å². The third kappa shape index (κ3) is 5.40. The molecule has 0 aliphatic rings. The van der Waals surface area contributed by atoms with Crippen LogP contribution in [0, 0.1) is 0 Å². The lowest BCUT2D eigenvalue weighted by atomic mass is 10.1. The summed E-state index contributed by atoms with van der Waals surface area (Å²) in [5, 5.41) is 1.60. The Morgan fingerprint density at radius 2 is 1.81 bits per heavy atom. The molecule has 0 saturated carbocycles. The first kappa shape index (κ1) is 16.9. The molecule has 0 aliphatic carbocycles. The average Bonchev–Trinajstić information content (AvgIpc) is 2.35. The van der Waals surface area contributed by atoms with Gasteiger partial charge < -0.3 is 9.47 Å². The van der Waals surface area contributed by atoms with Crippen molar-refractivity contribution in [1.29, 1.82) is 0 Å². The fourth-order valence-corrected chi connectivity index (χ4v) is 1.29. The SMILES string of the molecule is COc1ccc(NC(=O)OCC(F)(F)F)c(C(F)(F)F)c1. The van der Waals surface area contributed by atoms with E-state index in [1.807, 2.05) is 0 Å². The van der Waals surface area contributed by atoms with E-state index < -0.39 is 36.3 Å². The largest absolute Gasteiger partial charge is 0.497 e. The van der Waals surface area contributed by atoms with Crippen LogP contribution in [-0.2, 0) is 10.9 Å². The summed E-state index contributed by atoms with van der Waals surface area (Å²) in [6.07, 6.45) is -11.3. The van der Waals surface area contributed by atoms with Gasteiger partial charge in [0.05, 0.1) is 18.4 Å². The third-order valence-corrected chi connectivity index (χ3v) is 2.14. The molecule has 118 valence electrons. The van der Waals surface area contributed by atoms with Crippen LogP contribution in [0.25, 0.3) is 0 Å². The number of hydrogen-bond acceptors (Lipinski definition) is 3. The molecule has 21 heavy (non-hydrogen) atoms. The minimum absolute atomic E-state index is 0.128. The number of benzene rings is 1. The van der Waals surface area contributed by atoms with Crippen LogP contribution >= 0.6 is 0 Å². The maximum Gasteiger partial charge on any atom is 0.422 e. The van der Waals surface area contributed by atoms with Crippen LogP contribution in [0.1, 0.15) is 5.56 Å². The minimum Gasteiger partial charge on any atom is -0.497 e. The zero-order valence-corrected chi connectivity index (χ0v) is 10.4. The number of ether oxygens (including phenoxy) is 2. The number of halogens is 6. The van der Waals surface area contributed by atoms with Crippen molar-refractivity contribution in [3.63, 3.8) is 0 Å². The predicted molar refractivity (Wildman–Crippen MR) is 59.0 cm³/mol. The zero-order valence-electron chi connectivity index (χ0n) is 10.4. The molecule has 4 nitrogen and oxygen atoms in total. The molecule has 0 heterocycles. The summed E-state index contributed by atoms with van der Waals surface area (Å²) in [7, 11) is 1.14. The Labute approximate surface area is 114 Å². The molecule has 0 radical (unpaired) electrons. The molecule has 1 rings (SSSR count).